The Kier molecular flexibility index (Phi) is 4.71. The predicted molar refractivity (Wildman–Crippen MR) is 74.6 cm³/mol. The molecule has 2 nitrogen and oxygen atoms in total. The molecule has 0 N–H and O–H groups in total. The zero-order valence-electron chi connectivity index (χ0n) is 9.33. The monoisotopic (exact) mass is 321 g/mol. The minimum Gasteiger partial charge on any atom is -0.234 e. The summed E-state index contributed by atoms with van der Waals surface area (Å²) in [6.45, 7) is 5.63. The number of benzene rings is 1. The van der Waals surface area contributed by atoms with Crippen LogP contribution in [0, 0.1) is 0 Å². The third-order valence-corrected chi connectivity index (χ3v) is 4.45. The first kappa shape index (κ1) is 13.9. The van der Waals surface area contributed by atoms with Crippen LogP contribution in [0.2, 0.25) is 5.02 Å². The first-order valence-corrected chi connectivity index (χ1v) is 7.00. The summed E-state index contributed by atoms with van der Waals surface area (Å²) in [5.41, 5.74) is 0.758. The normalized spacial score (nSPS) is 14.3. The molecule has 1 aromatic rings. The van der Waals surface area contributed by atoms with E-state index in [1.165, 1.54) is 0 Å². The Bertz CT molecular complexity index is 440. The van der Waals surface area contributed by atoms with Crippen LogP contribution in [0.3, 0.4) is 0 Å². The molecule has 0 bridgehead atoms. The minimum atomic E-state index is -1.26. The lowest BCUT2D eigenvalue weighted by Crippen LogP contribution is -2.19. The lowest BCUT2D eigenvalue weighted by Gasteiger charge is -2.12. The molecule has 0 fully saturated rings. The summed E-state index contributed by atoms with van der Waals surface area (Å²) < 4.78 is 16.2. The Balaban J connectivity index is 2.94. The summed E-state index contributed by atoms with van der Waals surface area (Å²) >= 11 is 9.38. The smallest absolute Gasteiger partial charge is 0.144 e. The fraction of sp³-hybridized carbons (Fsp3) is 0.364. The van der Waals surface area contributed by atoms with E-state index in [0.29, 0.717) is 5.02 Å². The average Bonchev–Trinajstić information content (AvgIpc) is 2.18. The summed E-state index contributed by atoms with van der Waals surface area (Å²) in [7, 11) is -1.26. The Morgan fingerprint density at radius 1 is 1.44 bits per heavy atom. The lowest BCUT2D eigenvalue weighted by atomic mass is 10.2. The van der Waals surface area contributed by atoms with Gasteiger partial charge in [0.15, 0.2) is 0 Å². The van der Waals surface area contributed by atoms with Crippen molar-refractivity contribution in [3.63, 3.8) is 0 Å². The average molecular weight is 323 g/mol. The van der Waals surface area contributed by atoms with Crippen LogP contribution in [0.5, 0.6) is 0 Å². The van der Waals surface area contributed by atoms with E-state index in [2.05, 4.69) is 20.3 Å². The van der Waals surface area contributed by atoms with Crippen LogP contribution in [-0.4, -0.2) is 15.2 Å². The zero-order chi connectivity index (χ0) is 12.3. The van der Waals surface area contributed by atoms with Crippen LogP contribution in [0.15, 0.2) is 27.1 Å². The Hall–Kier alpha value is -0.190. The van der Waals surface area contributed by atoms with E-state index in [-0.39, 0.29) is 4.75 Å². The van der Waals surface area contributed by atoms with Crippen molar-refractivity contribution in [1.29, 1.82) is 0 Å². The summed E-state index contributed by atoms with van der Waals surface area (Å²) in [5.74, 6) is 0. The summed E-state index contributed by atoms with van der Waals surface area (Å²) in [5, 5.41) is 0.581. The van der Waals surface area contributed by atoms with E-state index in [1.807, 2.05) is 39.0 Å². The van der Waals surface area contributed by atoms with Crippen LogP contribution >= 0.6 is 27.5 Å². The van der Waals surface area contributed by atoms with Gasteiger partial charge in [0.1, 0.15) is 11.0 Å². The number of rotatable bonds is 2. The van der Waals surface area contributed by atoms with Crippen molar-refractivity contribution < 1.29 is 4.21 Å². The van der Waals surface area contributed by atoms with E-state index >= 15 is 0 Å². The topological polar surface area (TPSA) is 29.4 Å². The number of hydrogen-bond acceptors (Lipinski definition) is 1. The van der Waals surface area contributed by atoms with E-state index in [0.717, 1.165) is 10.0 Å². The first-order chi connectivity index (χ1) is 7.32. The second-order valence-corrected chi connectivity index (χ2v) is 7.41. The Morgan fingerprint density at radius 2 is 2.06 bits per heavy atom. The van der Waals surface area contributed by atoms with Gasteiger partial charge in [-0.25, -0.2) is 4.21 Å². The molecule has 0 radical (unpaired) electrons. The molecule has 5 heteroatoms. The van der Waals surface area contributed by atoms with Gasteiger partial charge in [-0.1, -0.05) is 23.7 Å². The lowest BCUT2D eigenvalue weighted by molar-refractivity contribution is 0.651. The third-order valence-electron chi connectivity index (χ3n) is 1.79. The molecule has 16 heavy (non-hydrogen) atoms. The largest absolute Gasteiger partial charge is 0.234 e. The highest BCUT2D eigenvalue weighted by Gasteiger charge is 2.18. The van der Waals surface area contributed by atoms with Crippen LogP contribution in [0.1, 0.15) is 26.3 Å². The van der Waals surface area contributed by atoms with Crippen molar-refractivity contribution >= 4 is 44.7 Å². The fourth-order valence-corrected chi connectivity index (χ4v) is 1.96. The van der Waals surface area contributed by atoms with Crippen molar-refractivity contribution in [1.82, 2.24) is 0 Å². The molecule has 0 saturated carbocycles. The van der Waals surface area contributed by atoms with E-state index < -0.39 is 11.0 Å². The van der Waals surface area contributed by atoms with Crippen LogP contribution in [0.4, 0.5) is 0 Å². The summed E-state index contributed by atoms with van der Waals surface area (Å²) in [6.07, 6.45) is 1.55. The van der Waals surface area contributed by atoms with Gasteiger partial charge in [0, 0.05) is 16.3 Å². The van der Waals surface area contributed by atoms with Gasteiger partial charge in [-0.05, 0) is 42.8 Å². The van der Waals surface area contributed by atoms with Crippen molar-refractivity contribution in [2.75, 3.05) is 0 Å². The van der Waals surface area contributed by atoms with Crippen molar-refractivity contribution in [2.24, 2.45) is 4.40 Å². The number of hydrogen-bond donors (Lipinski definition) is 0. The molecule has 0 saturated heterocycles. The molecule has 0 aliphatic heterocycles. The zero-order valence-corrected chi connectivity index (χ0v) is 12.5. The van der Waals surface area contributed by atoms with Gasteiger partial charge >= 0.3 is 0 Å². The molecule has 1 atom stereocenters. The highest BCUT2D eigenvalue weighted by molar-refractivity contribution is 9.10. The Morgan fingerprint density at radius 3 is 2.62 bits per heavy atom. The third kappa shape index (κ3) is 3.68. The first-order valence-electron chi connectivity index (χ1n) is 4.72. The Labute approximate surface area is 112 Å². The molecule has 0 amide bonds. The highest BCUT2D eigenvalue weighted by Crippen LogP contribution is 2.25. The van der Waals surface area contributed by atoms with Crippen LogP contribution < -0.4 is 0 Å². The van der Waals surface area contributed by atoms with Crippen LogP contribution in [0.25, 0.3) is 0 Å². The quantitative estimate of drug-likeness (QED) is 0.757. The molecular formula is C11H13BrClNOS. The summed E-state index contributed by atoms with van der Waals surface area (Å²) in [4.78, 5) is 0. The molecule has 88 valence electrons. The van der Waals surface area contributed by atoms with E-state index in [9.17, 15) is 4.21 Å². The molecule has 1 aromatic carbocycles. The fourth-order valence-electron chi connectivity index (χ4n) is 0.883. The van der Waals surface area contributed by atoms with Crippen molar-refractivity contribution in [2.45, 2.75) is 25.5 Å². The van der Waals surface area contributed by atoms with Gasteiger partial charge < -0.3 is 0 Å². The molecule has 0 aliphatic rings. The van der Waals surface area contributed by atoms with Crippen LogP contribution in [-0.2, 0) is 11.0 Å². The van der Waals surface area contributed by atoms with Gasteiger partial charge in [-0.2, -0.15) is 4.40 Å². The van der Waals surface area contributed by atoms with E-state index in [1.54, 1.807) is 6.21 Å². The molecule has 0 aromatic heterocycles. The van der Waals surface area contributed by atoms with Gasteiger partial charge in [-0.15, -0.1) is 0 Å². The summed E-state index contributed by atoms with van der Waals surface area (Å²) in [6, 6.07) is 5.54. The maximum Gasteiger partial charge on any atom is 0.144 e. The second kappa shape index (κ2) is 5.43. The van der Waals surface area contributed by atoms with Gasteiger partial charge in [0.2, 0.25) is 0 Å². The van der Waals surface area contributed by atoms with Gasteiger partial charge in [-0.3, -0.25) is 0 Å². The second-order valence-electron chi connectivity index (χ2n) is 4.24. The standard InChI is InChI=1S/C11H13BrClNOS/c1-11(2,3)16(15)14-7-8-5-4-6-9(12)10(8)13/h4-7H,1-3H3/t16-/m0/s1. The van der Waals surface area contributed by atoms with Crippen molar-refractivity contribution in [3.8, 4) is 0 Å². The highest BCUT2D eigenvalue weighted by atomic mass is 79.9. The maximum atomic E-state index is 11.7. The SMILES string of the molecule is CC(C)(C)[S@](=O)N=Cc1cccc(Br)c1Cl. The molecular weight excluding hydrogens is 310 g/mol. The molecule has 0 unspecified atom stereocenters. The van der Waals surface area contributed by atoms with Crippen molar-refractivity contribution in [3.05, 3.63) is 33.3 Å². The predicted octanol–water partition coefficient (Wildman–Crippen LogP) is 3.98. The molecule has 1 rings (SSSR count). The van der Waals surface area contributed by atoms with Gasteiger partial charge in [0.25, 0.3) is 0 Å². The number of halogens is 2. The van der Waals surface area contributed by atoms with Gasteiger partial charge in [0.05, 0.1) is 9.77 Å². The minimum absolute atomic E-state index is 0.352. The molecule has 0 aliphatic carbocycles. The number of nitrogens with zero attached hydrogens (tertiary/aromatic N) is 1. The molecule has 0 heterocycles. The molecule has 0 spiro atoms. The van der Waals surface area contributed by atoms with E-state index in [4.69, 9.17) is 11.6 Å². The maximum absolute atomic E-state index is 11.7.